The van der Waals surface area contributed by atoms with Gasteiger partial charge in [-0.1, -0.05) is 35.9 Å². The molecule has 8 nitrogen and oxygen atoms in total. The third-order valence-corrected chi connectivity index (χ3v) is 5.20. The fraction of sp³-hybridized carbons (Fsp3) is 0.182. The average Bonchev–Trinajstić information content (AvgIpc) is 3.02. The number of rotatable bonds is 5. The molecule has 0 aliphatic carbocycles. The fourth-order valence-corrected chi connectivity index (χ4v) is 3.53. The maximum atomic E-state index is 12.7. The smallest absolute Gasteiger partial charge is 0.271 e. The molecule has 1 heterocycles. The fourth-order valence-electron chi connectivity index (χ4n) is 3.31. The van der Waals surface area contributed by atoms with Gasteiger partial charge in [0.1, 0.15) is 17.5 Å². The first-order valence-corrected chi connectivity index (χ1v) is 9.80. The van der Waals surface area contributed by atoms with Crippen LogP contribution in [0.1, 0.15) is 23.2 Å². The lowest BCUT2D eigenvalue weighted by atomic mass is 10.1. The van der Waals surface area contributed by atoms with Crippen molar-refractivity contribution in [1.29, 1.82) is 5.26 Å². The summed E-state index contributed by atoms with van der Waals surface area (Å²) in [6.07, 6.45) is -0.376. The molecule has 2 aromatic carbocycles. The number of hydrazine groups is 1. The number of carbonyl (C=O) groups is 3. The molecular formula is C22H20ClN5O3. The number of ketones is 1. The number of amides is 2. The van der Waals surface area contributed by atoms with Crippen molar-refractivity contribution in [3.05, 3.63) is 70.5 Å². The van der Waals surface area contributed by atoms with Crippen LogP contribution in [-0.2, 0) is 9.59 Å². The van der Waals surface area contributed by atoms with Gasteiger partial charge in [0.25, 0.3) is 5.91 Å². The molecule has 2 amide bonds. The van der Waals surface area contributed by atoms with Crippen LogP contribution in [0.5, 0.6) is 0 Å². The van der Waals surface area contributed by atoms with Crippen molar-refractivity contribution in [2.24, 2.45) is 0 Å². The van der Waals surface area contributed by atoms with Crippen molar-refractivity contribution in [2.75, 3.05) is 23.9 Å². The molecule has 0 saturated heterocycles. The highest BCUT2D eigenvalue weighted by atomic mass is 35.5. The standard InChI is InChI=1S/C22H20ClN5O3/c1-27-17-9-5-6-10-18(17)28(2)22(27)15(13-24)19(29)11-12-20(30)25-26-21(31)14-7-3-4-8-16(14)23/h3-10H,11-12H2,1-2H3,(H,25,30)(H,26,31). The molecule has 0 spiro atoms. The van der Waals surface area contributed by atoms with Crippen LogP contribution in [0, 0.1) is 11.3 Å². The van der Waals surface area contributed by atoms with Gasteiger partial charge in [-0.25, -0.2) is 0 Å². The van der Waals surface area contributed by atoms with Crippen LogP contribution >= 0.6 is 11.6 Å². The highest BCUT2D eigenvalue weighted by Crippen LogP contribution is 2.40. The maximum Gasteiger partial charge on any atom is 0.271 e. The maximum absolute atomic E-state index is 12.7. The van der Waals surface area contributed by atoms with E-state index in [0.29, 0.717) is 5.82 Å². The van der Waals surface area contributed by atoms with Crippen molar-refractivity contribution >= 4 is 40.6 Å². The van der Waals surface area contributed by atoms with Crippen molar-refractivity contribution in [1.82, 2.24) is 10.9 Å². The Labute approximate surface area is 184 Å². The Hall–Kier alpha value is -3.83. The summed E-state index contributed by atoms with van der Waals surface area (Å²) in [6, 6.07) is 15.9. The quantitative estimate of drug-likeness (QED) is 0.423. The van der Waals surface area contributed by atoms with E-state index in [1.165, 1.54) is 6.07 Å². The highest BCUT2D eigenvalue weighted by molar-refractivity contribution is 6.33. The average molecular weight is 438 g/mol. The molecule has 2 N–H and O–H groups in total. The first-order valence-electron chi connectivity index (χ1n) is 9.43. The number of para-hydroxylation sites is 2. The Morgan fingerprint density at radius 2 is 1.52 bits per heavy atom. The molecule has 0 saturated carbocycles. The van der Waals surface area contributed by atoms with E-state index in [2.05, 4.69) is 10.9 Å². The van der Waals surface area contributed by atoms with E-state index >= 15 is 0 Å². The normalized spacial score (nSPS) is 12.1. The Bertz CT molecular complexity index is 1090. The van der Waals surface area contributed by atoms with Gasteiger partial charge in [0, 0.05) is 26.9 Å². The predicted molar refractivity (Wildman–Crippen MR) is 117 cm³/mol. The van der Waals surface area contributed by atoms with Crippen molar-refractivity contribution < 1.29 is 14.4 Å². The summed E-state index contributed by atoms with van der Waals surface area (Å²) < 4.78 is 0. The van der Waals surface area contributed by atoms with Crippen molar-refractivity contribution in [3.8, 4) is 6.07 Å². The number of nitrogens with one attached hydrogen (secondary N) is 2. The van der Waals surface area contributed by atoms with Gasteiger partial charge in [0.2, 0.25) is 5.91 Å². The largest absolute Gasteiger partial charge is 0.328 e. The zero-order valence-electron chi connectivity index (χ0n) is 17.0. The molecule has 158 valence electrons. The van der Waals surface area contributed by atoms with Gasteiger partial charge in [-0.2, -0.15) is 5.26 Å². The third kappa shape index (κ3) is 4.52. The molecule has 0 radical (unpaired) electrons. The van der Waals surface area contributed by atoms with Gasteiger partial charge in [0.15, 0.2) is 5.78 Å². The Kier molecular flexibility index (Phi) is 6.58. The molecule has 31 heavy (non-hydrogen) atoms. The second-order valence-corrected chi connectivity index (χ2v) is 7.23. The molecule has 9 heteroatoms. The molecule has 1 aliphatic rings. The monoisotopic (exact) mass is 437 g/mol. The van der Waals surface area contributed by atoms with Gasteiger partial charge >= 0.3 is 0 Å². The number of nitrogens with zero attached hydrogens (tertiary/aromatic N) is 3. The number of nitriles is 1. The summed E-state index contributed by atoms with van der Waals surface area (Å²) in [5.41, 5.74) is 6.44. The highest BCUT2D eigenvalue weighted by Gasteiger charge is 2.31. The molecule has 3 rings (SSSR count). The number of fused-ring (bicyclic) bond motifs is 1. The number of allylic oxidation sites excluding steroid dienone is 1. The van der Waals surface area contributed by atoms with E-state index in [0.717, 1.165) is 11.4 Å². The van der Waals surface area contributed by atoms with Gasteiger partial charge in [0.05, 0.1) is 22.0 Å². The number of hydrogen-bond donors (Lipinski definition) is 2. The SMILES string of the molecule is CN1C(=C(C#N)C(=O)CCC(=O)NNC(=O)c2ccccc2Cl)N(C)c2ccccc21. The summed E-state index contributed by atoms with van der Waals surface area (Å²) in [5.74, 6) is -1.14. The van der Waals surface area contributed by atoms with E-state index in [-0.39, 0.29) is 29.0 Å². The lowest BCUT2D eigenvalue weighted by molar-refractivity contribution is -0.124. The van der Waals surface area contributed by atoms with E-state index < -0.39 is 17.6 Å². The van der Waals surface area contributed by atoms with Gasteiger partial charge in [-0.3, -0.25) is 25.2 Å². The summed E-state index contributed by atoms with van der Waals surface area (Å²) in [5, 5.41) is 9.86. The van der Waals surface area contributed by atoms with Crippen LogP contribution in [0.25, 0.3) is 0 Å². The van der Waals surface area contributed by atoms with Crippen LogP contribution in [-0.4, -0.2) is 31.7 Å². The first kappa shape index (κ1) is 21.9. The number of halogens is 1. The molecule has 0 aromatic heterocycles. The van der Waals surface area contributed by atoms with E-state index in [1.54, 1.807) is 42.1 Å². The minimum atomic E-state index is -0.572. The molecule has 0 atom stereocenters. The Balaban J connectivity index is 1.61. The van der Waals surface area contributed by atoms with Crippen LogP contribution in [0.2, 0.25) is 5.02 Å². The second kappa shape index (κ2) is 9.32. The summed E-state index contributed by atoms with van der Waals surface area (Å²) >= 11 is 5.95. The lowest BCUT2D eigenvalue weighted by Crippen LogP contribution is -2.41. The van der Waals surface area contributed by atoms with E-state index in [9.17, 15) is 19.6 Å². The topological polar surface area (TPSA) is 106 Å². The zero-order chi connectivity index (χ0) is 22.5. The second-order valence-electron chi connectivity index (χ2n) is 6.82. The Morgan fingerprint density at radius 3 is 2.10 bits per heavy atom. The predicted octanol–water partition coefficient (Wildman–Crippen LogP) is 2.77. The minimum Gasteiger partial charge on any atom is -0.328 e. The van der Waals surface area contributed by atoms with E-state index in [1.807, 2.05) is 30.3 Å². The first-order chi connectivity index (χ1) is 14.8. The molecular weight excluding hydrogens is 418 g/mol. The summed E-state index contributed by atoms with van der Waals surface area (Å²) in [7, 11) is 3.55. The summed E-state index contributed by atoms with van der Waals surface area (Å²) in [4.78, 5) is 40.4. The molecule has 0 fully saturated rings. The van der Waals surface area contributed by atoms with Crippen LogP contribution in [0.4, 0.5) is 11.4 Å². The third-order valence-electron chi connectivity index (χ3n) is 4.87. The van der Waals surface area contributed by atoms with Crippen LogP contribution < -0.4 is 20.7 Å². The minimum absolute atomic E-state index is 0.0332. The van der Waals surface area contributed by atoms with Crippen molar-refractivity contribution in [2.45, 2.75) is 12.8 Å². The lowest BCUT2D eigenvalue weighted by Gasteiger charge is -2.19. The van der Waals surface area contributed by atoms with E-state index in [4.69, 9.17) is 11.6 Å². The number of carbonyl (C=O) groups excluding carboxylic acids is 3. The molecule has 0 bridgehead atoms. The van der Waals surface area contributed by atoms with Crippen LogP contribution in [0.15, 0.2) is 59.9 Å². The van der Waals surface area contributed by atoms with Crippen molar-refractivity contribution in [3.63, 3.8) is 0 Å². The zero-order valence-corrected chi connectivity index (χ0v) is 17.7. The molecule has 0 unspecified atom stereocenters. The Morgan fingerprint density at radius 1 is 0.935 bits per heavy atom. The van der Waals surface area contributed by atoms with Gasteiger partial charge in [-0.05, 0) is 24.3 Å². The van der Waals surface area contributed by atoms with Gasteiger partial charge < -0.3 is 9.80 Å². The van der Waals surface area contributed by atoms with Gasteiger partial charge in [-0.15, -0.1) is 0 Å². The number of Topliss-reactive ketones (excluding diaryl/α,β-unsaturated/α-hetero) is 1. The molecule has 2 aromatic rings. The number of hydrogen-bond acceptors (Lipinski definition) is 6. The number of benzene rings is 2. The van der Waals surface area contributed by atoms with Crippen LogP contribution in [0.3, 0.4) is 0 Å². The molecule has 1 aliphatic heterocycles. The number of anilines is 2. The summed E-state index contributed by atoms with van der Waals surface area (Å²) in [6.45, 7) is 0.